The molecular weight excluding hydrogens is 198 g/mol. The van der Waals surface area contributed by atoms with E-state index in [1.165, 1.54) is 0 Å². The number of nitrogens with one attached hydrogen (secondary N) is 1. The van der Waals surface area contributed by atoms with E-state index in [1.54, 1.807) is 0 Å². The first kappa shape index (κ1) is 13.7. The minimum Gasteiger partial charge on any atom is -0.480 e. The third kappa shape index (κ3) is 6.76. The summed E-state index contributed by atoms with van der Waals surface area (Å²) in [6.45, 7) is 4.15. The van der Waals surface area contributed by atoms with Gasteiger partial charge in [0.05, 0.1) is 6.61 Å². The zero-order chi connectivity index (χ0) is 11.7. The number of hydrogen-bond donors (Lipinski definition) is 2. The second-order valence-electron chi connectivity index (χ2n) is 3.31. The molecule has 0 saturated carbocycles. The Labute approximate surface area is 89.8 Å². The molecule has 1 amide bonds. The summed E-state index contributed by atoms with van der Waals surface area (Å²) in [5, 5.41) is 11.1. The number of unbranched alkanes of at least 4 members (excludes halogenated alkanes) is 1. The minimum atomic E-state index is -1.02. The largest absolute Gasteiger partial charge is 0.480 e. The highest BCUT2D eigenvalue weighted by molar-refractivity contribution is 5.79. The van der Waals surface area contributed by atoms with Crippen LogP contribution >= 0.6 is 0 Å². The number of rotatable bonds is 7. The second-order valence-corrected chi connectivity index (χ2v) is 3.31. The molecule has 0 aliphatic heterocycles. The van der Waals surface area contributed by atoms with Crippen molar-refractivity contribution in [1.82, 2.24) is 5.32 Å². The SMILES string of the molecule is CCCC[C@H](NC(=O)OCCC)C(=O)O. The normalized spacial score (nSPS) is 11.9. The number of carboxylic acids is 1. The van der Waals surface area contributed by atoms with Gasteiger partial charge in [-0.05, 0) is 12.8 Å². The van der Waals surface area contributed by atoms with Crippen molar-refractivity contribution >= 4 is 12.1 Å². The number of aliphatic carboxylic acids is 1. The van der Waals surface area contributed by atoms with Gasteiger partial charge in [-0.2, -0.15) is 0 Å². The van der Waals surface area contributed by atoms with Crippen molar-refractivity contribution < 1.29 is 19.4 Å². The van der Waals surface area contributed by atoms with Gasteiger partial charge in [-0.15, -0.1) is 0 Å². The number of carbonyl (C=O) groups is 2. The molecule has 5 heteroatoms. The van der Waals surface area contributed by atoms with E-state index in [0.717, 1.165) is 19.3 Å². The lowest BCUT2D eigenvalue weighted by molar-refractivity contribution is -0.139. The predicted molar refractivity (Wildman–Crippen MR) is 55.7 cm³/mol. The van der Waals surface area contributed by atoms with Crippen molar-refractivity contribution in [3.05, 3.63) is 0 Å². The highest BCUT2D eigenvalue weighted by Crippen LogP contribution is 2.01. The third-order valence-electron chi connectivity index (χ3n) is 1.87. The average molecular weight is 217 g/mol. The van der Waals surface area contributed by atoms with E-state index in [0.29, 0.717) is 13.0 Å². The number of carbonyl (C=O) groups excluding carboxylic acids is 1. The molecule has 1 atom stereocenters. The van der Waals surface area contributed by atoms with Crippen LogP contribution in [0.4, 0.5) is 4.79 Å². The molecule has 0 heterocycles. The Hall–Kier alpha value is -1.26. The van der Waals surface area contributed by atoms with Crippen molar-refractivity contribution in [1.29, 1.82) is 0 Å². The second kappa shape index (κ2) is 8.08. The molecule has 0 bridgehead atoms. The molecule has 0 aromatic carbocycles. The molecule has 0 unspecified atom stereocenters. The molecule has 0 rings (SSSR count). The number of hydrogen-bond acceptors (Lipinski definition) is 3. The summed E-state index contributed by atoms with van der Waals surface area (Å²) < 4.78 is 4.74. The Morgan fingerprint density at radius 2 is 2.00 bits per heavy atom. The summed E-state index contributed by atoms with van der Waals surface area (Å²) in [6.07, 6.45) is 2.17. The summed E-state index contributed by atoms with van der Waals surface area (Å²) in [7, 11) is 0. The Bertz CT molecular complexity index is 206. The lowest BCUT2D eigenvalue weighted by atomic mass is 10.1. The highest BCUT2D eigenvalue weighted by atomic mass is 16.5. The van der Waals surface area contributed by atoms with Crippen LogP contribution < -0.4 is 5.32 Å². The molecular formula is C10H19NO4. The standard InChI is InChI=1S/C10H19NO4/c1-3-5-6-8(9(12)13)11-10(14)15-7-4-2/h8H,3-7H2,1-2H3,(H,11,14)(H,12,13)/t8-/m0/s1. The van der Waals surface area contributed by atoms with Gasteiger partial charge in [-0.3, -0.25) is 0 Å². The van der Waals surface area contributed by atoms with Crippen molar-refractivity contribution in [3.8, 4) is 0 Å². The molecule has 0 aliphatic rings. The molecule has 0 radical (unpaired) electrons. The monoisotopic (exact) mass is 217 g/mol. The summed E-state index contributed by atoms with van der Waals surface area (Å²) in [5.41, 5.74) is 0. The zero-order valence-electron chi connectivity index (χ0n) is 9.28. The number of alkyl carbamates (subject to hydrolysis) is 1. The summed E-state index contributed by atoms with van der Waals surface area (Å²) in [4.78, 5) is 21.8. The molecule has 0 aromatic rings. The Kier molecular flexibility index (Phi) is 7.40. The van der Waals surface area contributed by atoms with Gasteiger partial charge < -0.3 is 15.2 Å². The quantitative estimate of drug-likeness (QED) is 0.681. The van der Waals surface area contributed by atoms with Crippen LogP contribution in [0, 0.1) is 0 Å². The van der Waals surface area contributed by atoms with E-state index in [9.17, 15) is 9.59 Å². The zero-order valence-corrected chi connectivity index (χ0v) is 9.28. The third-order valence-corrected chi connectivity index (χ3v) is 1.87. The lowest BCUT2D eigenvalue weighted by Crippen LogP contribution is -2.41. The van der Waals surface area contributed by atoms with Gasteiger partial charge >= 0.3 is 12.1 Å². The summed E-state index contributed by atoms with van der Waals surface area (Å²) >= 11 is 0. The van der Waals surface area contributed by atoms with Gasteiger partial charge in [0.2, 0.25) is 0 Å². The first-order valence-corrected chi connectivity index (χ1v) is 5.27. The molecule has 0 aromatic heterocycles. The van der Waals surface area contributed by atoms with E-state index in [4.69, 9.17) is 9.84 Å². The van der Waals surface area contributed by atoms with Crippen LogP contribution in [0.1, 0.15) is 39.5 Å². The van der Waals surface area contributed by atoms with Crippen LogP contribution in [0.15, 0.2) is 0 Å². The minimum absolute atomic E-state index is 0.311. The number of carboxylic acid groups (broad SMARTS) is 1. The number of ether oxygens (including phenoxy) is 1. The first-order chi connectivity index (χ1) is 7.11. The molecule has 0 spiro atoms. The fourth-order valence-electron chi connectivity index (χ4n) is 1.04. The van der Waals surface area contributed by atoms with Gasteiger partial charge in [-0.25, -0.2) is 9.59 Å². The maximum absolute atomic E-state index is 11.1. The van der Waals surface area contributed by atoms with Crippen LogP contribution in [0.2, 0.25) is 0 Å². The van der Waals surface area contributed by atoms with Crippen LogP contribution in [-0.2, 0) is 9.53 Å². The van der Waals surface area contributed by atoms with Crippen LogP contribution in [0.5, 0.6) is 0 Å². The van der Waals surface area contributed by atoms with Crippen molar-refractivity contribution in [2.45, 2.75) is 45.6 Å². The van der Waals surface area contributed by atoms with E-state index >= 15 is 0 Å². The fourth-order valence-corrected chi connectivity index (χ4v) is 1.04. The first-order valence-electron chi connectivity index (χ1n) is 5.27. The van der Waals surface area contributed by atoms with E-state index < -0.39 is 18.1 Å². The molecule has 2 N–H and O–H groups in total. The molecule has 0 fully saturated rings. The van der Waals surface area contributed by atoms with E-state index in [-0.39, 0.29) is 0 Å². The van der Waals surface area contributed by atoms with E-state index in [2.05, 4.69) is 5.32 Å². The van der Waals surface area contributed by atoms with E-state index in [1.807, 2.05) is 13.8 Å². The van der Waals surface area contributed by atoms with Crippen molar-refractivity contribution in [2.24, 2.45) is 0 Å². The van der Waals surface area contributed by atoms with Crippen LogP contribution in [-0.4, -0.2) is 29.8 Å². The van der Waals surface area contributed by atoms with Crippen LogP contribution in [0.25, 0.3) is 0 Å². The maximum Gasteiger partial charge on any atom is 0.407 e. The van der Waals surface area contributed by atoms with Gasteiger partial charge in [0, 0.05) is 0 Å². The Morgan fingerprint density at radius 1 is 1.33 bits per heavy atom. The topological polar surface area (TPSA) is 75.6 Å². The summed E-state index contributed by atoms with van der Waals surface area (Å²) in [5.74, 6) is -1.02. The molecule has 88 valence electrons. The molecule has 0 aliphatic carbocycles. The smallest absolute Gasteiger partial charge is 0.407 e. The average Bonchev–Trinajstić information content (AvgIpc) is 2.20. The lowest BCUT2D eigenvalue weighted by Gasteiger charge is -2.13. The molecule has 5 nitrogen and oxygen atoms in total. The van der Waals surface area contributed by atoms with Crippen LogP contribution in [0.3, 0.4) is 0 Å². The Morgan fingerprint density at radius 3 is 2.47 bits per heavy atom. The molecule has 15 heavy (non-hydrogen) atoms. The fraction of sp³-hybridized carbons (Fsp3) is 0.800. The van der Waals surface area contributed by atoms with Gasteiger partial charge in [0.1, 0.15) is 6.04 Å². The van der Waals surface area contributed by atoms with Crippen molar-refractivity contribution in [2.75, 3.05) is 6.61 Å². The van der Waals surface area contributed by atoms with Gasteiger partial charge in [-0.1, -0.05) is 26.7 Å². The van der Waals surface area contributed by atoms with Gasteiger partial charge in [0.25, 0.3) is 0 Å². The highest BCUT2D eigenvalue weighted by Gasteiger charge is 2.19. The van der Waals surface area contributed by atoms with Gasteiger partial charge in [0.15, 0.2) is 0 Å². The Balaban J connectivity index is 3.93. The predicted octanol–water partition coefficient (Wildman–Crippen LogP) is 1.77. The summed E-state index contributed by atoms with van der Waals surface area (Å²) in [6, 6.07) is -0.839. The number of amides is 1. The van der Waals surface area contributed by atoms with Crippen molar-refractivity contribution in [3.63, 3.8) is 0 Å². The molecule has 0 saturated heterocycles. The maximum atomic E-state index is 11.1.